The lowest BCUT2D eigenvalue weighted by Crippen LogP contribution is -2.11. The minimum absolute atomic E-state index is 0.154. The summed E-state index contributed by atoms with van der Waals surface area (Å²) in [6.45, 7) is 3.37. The smallest absolute Gasteiger partial charge is 0.240 e. The van der Waals surface area contributed by atoms with Crippen molar-refractivity contribution in [1.82, 2.24) is 14.3 Å². The third-order valence-corrected chi connectivity index (χ3v) is 4.36. The molecule has 1 aromatic carbocycles. The van der Waals surface area contributed by atoms with Crippen LogP contribution in [-0.2, 0) is 23.1 Å². The number of aromatic nitrogens is 3. The summed E-state index contributed by atoms with van der Waals surface area (Å²) in [6.07, 6.45) is 5.32. The van der Waals surface area contributed by atoms with E-state index in [4.69, 9.17) is 5.14 Å². The first kappa shape index (κ1) is 13.8. The SMILES string of the molecule is CCn1cc(Cn2cc(S(N)(=O)=O)c3ccccc32)cn1. The number of primary sulfonamides is 1. The topological polar surface area (TPSA) is 82.9 Å². The van der Waals surface area contributed by atoms with Crippen LogP contribution in [0.4, 0.5) is 0 Å². The van der Waals surface area contributed by atoms with Gasteiger partial charge in [0.2, 0.25) is 10.0 Å². The summed E-state index contributed by atoms with van der Waals surface area (Å²) in [5.41, 5.74) is 1.85. The lowest BCUT2D eigenvalue weighted by atomic mass is 10.2. The van der Waals surface area contributed by atoms with E-state index in [2.05, 4.69) is 5.10 Å². The monoisotopic (exact) mass is 304 g/mol. The molecule has 3 rings (SSSR count). The van der Waals surface area contributed by atoms with E-state index in [0.29, 0.717) is 11.9 Å². The molecule has 0 bridgehead atoms. The molecule has 0 aliphatic rings. The largest absolute Gasteiger partial charge is 0.342 e. The molecule has 3 aromatic rings. The number of nitrogens with two attached hydrogens (primary N) is 1. The maximum absolute atomic E-state index is 11.7. The first-order valence-electron chi connectivity index (χ1n) is 6.61. The Morgan fingerprint density at radius 1 is 1.24 bits per heavy atom. The molecule has 7 heteroatoms. The number of hydrogen-bond donors (Lipinski definition) is 1. The average Bonchev–Trinajstić information content (AvgIpc) is 3.04. The van der Waals surface area contributed by atoms with E-state index in [-0.39, 0.29) is 4.90 Å². The van der Waals surface area contributed by atoms with E-state index in [0.717, 1.165) is 17.6 Å². The van der Waals surface area contributed by atoms with Crippen LogP contribution in [0.5, 0.6) is 0 Å². The van der Waals surface area contributed by atoms with E-state index in [1.165, 1.54) is 0 Å². The molecular formula is C14H16N4O2S. The molecule has 0 aliphatic carbocycles. The van der Waals surface area contributed by atoms with Gasteiger partial charge in [0.25, 0.3) is 0 Å². The van der Waals surface area contributed by atoms with Crippen molar-refractivity contribution in [2.75, 3.05) is 0 Å². The second kappa shape index (κ2) is 5.01. The molecule has 0 unspecified atom stereocenters. The molecule has 0 radical (unpaired) electrons. The van der Waals surface area contributed by atoms with E-state index in [1.807, 2.05) is 34.5 Å². The van der Waals surface area contributed by atoms with Crippen molar-refractivity contribution in [2.45, 2.75) is 24.9 Å². The molecule has 0 atom stereocenters. The van der Waals surface area contributed by atoms with E-state index in [9.17, 15) is 8.42 Å². The number of hydrogen-bond acceptors (Lipinski definition) is 3. The van der Waals surface area contributed by atoms with Crippen molar-refractivity contribution < 1.29 is 8.42 Å². The van der Waals surface area contributed by atoms with Gasteiger partial charge in [-0.2, -0.15) is 5.10 Å². The van der Waals surface area contributed by atoms with Crippen LogP contribution in [0, 0.1) is 0 Å². The Balaban J connectivity index is 2.10. The van der Waals surface area contributed by atoms with E-state index in [1.54, 1.807) is 24.5 Å². The van der Waals surface area contributed by atoms with Gasteiger partial charge in [0, 0.05) is 35.4 Å². The Labute approximate surface area is 122 Å². The van der Waals surface area contributed by atoms with Crippen LogP contribution in [0.15, 0.2) is 47.8 Å². The molecule has 0 aliphatic heterocycles. The normalized spacial score (nSPS) is 12.1. The minimum Gasteiger partial charge on any atom is -0.342 e. The molecular weight excluding hydrogens is 288 g/mol. The predicted octanol–water partition coefficient (Wildman–Crippen LogP) is 1.55. The number of aryl methyl sites for hydroxylation is 1. The lowest BCUT2D eigenvalue weighted by Gasteiger charge is -2.02. The van der Waals surface area contributed by atoms with Crippen LogP contribution in [0.25, 0.3) is 10.9 Å². The van der Waals surface area contributed by atoms with E-state index < -0.39 is 10.0 Å². The van der Waals surface area contributed by atoms with Gasteiger partial charge >= 0.3 is 0 Å². The van der Waals surface area contributed by atoms with Crippen molar-refractivity contribution in [3.63, 3.8) is 0 Å². The van der Waals surface area contributed by atoms with Crippen LogP contribution < -0.4 is 5.14 Å². The molecule has 2 N–H and O–H groups in total. The molecule has 2 aromatic heterocycles. The molecule has 0 fully saturated rings. The molecule has 110 valence electrons. The molecule has 2 heterocycles. The van der Waals surface area contributed by atoms with Crippen molar-refractivity contribution in [2.24, 2.45) is 5.14 Å². The quantitative estimate of drug-likeness (QED) is 0.794. The zero-order valence-electron chi connectivity index (χ0n) is 11.6. The van der Waals surface area contributed by atoms with Crippen LogP contribution in [0.2, 0.25) is 0 Å². The van der Waals surface area contributed by atoms with Gasteiger partial charge in [-0.1, -0.05) is 18.2 Å². The van der Waals surface area contributed by atoms with Gasteiger partial charge in [-0.15, -0.1) is 0 Å². The summed E-state index contributed by atoms with van der Waals surface area (Å²) < 4.78 is 27.1. The fraction of sp³-hybridized carbons (Fsp3) is 0.214. The third kappa shape index (κ3) is 2.57. The summed E-state index contributed by atoms with van der Waals surface area (Å²) in [5, 5.41) is 10.2. The van der Waals surface area contributed by atoms with Gasteiger partial charge in [-0.25, -0.2) is 13.6 Å². The number of para-hydroxylation sites is 1. The highest BCUT2D eigenvalue weighted by Gasteiger charge is 2.17. The van der Waals surface area contributed by atoms with Gasteiger partial charge < -0.3 is 4.57 Å². The molecule has 0 saturated heterocycles. The second-order valence-corrected chi connectivity index (χ2v) is 6.42. The van der Waals surface area contributed by atoms with E-state index >= 15 is 0 Å². The van der Waals surface area contributed by atoms with Crippen LogP contribution in [0.1, 0.15) is 12.5 Å². The first-order valence-corrected chi connectivity index (χ1v) is 8.15. The van der Waals surface area contributed by atoms with Gasteiger partial charge in [0.05, 0.1) is 12.7 Å². The Kier molecular flexibility index (Phi) is 3.30. The van der Waals surface area contributed by atoms with Crippen LogP contribution in [0.3, 0.4) is 0 Å². The summed E-state index contributed by atoms with van der Waals surface area (Å²) in [7, 11) is -3.74. The second-order valence-electron chi connectivity index (χ2n) is 4.89. The summed E-state index contributed by atoms with van der Waals surface area (Å²) in [5.74, 6) is 0. The fourth-order valence-electron chi connectivity index (χ4n) is 2.43. The number of nitrogens with zero attached hydrogens (tertiary/aromatic N) is 3. The average molecular weight is 304 g/mol. The van der Waals surface area contributed by atoms with Crippen molar-refractivity contribution in [1.29, 1.82) is 0 Å². The maximum Gasteiger partial charge on any atom is 0.240 e. The Bertz CT molecular complexity index is 893. The summed E-state index contributed by atoms with van der Waals surface area (Å²) in [4.78, 5) is 0.154. The predicted molar refractivity (Wildman–Crippen MR) is 80.3 cm³/mol. The van der Waals surface area contributed by atoms with Crippen LogP contribution in [-0.4, -0.2) is 22.8 Å². The Hall–Kier alpha value is -2.12. The highest BCUT2D eigenvalue weighted by molar-refractivity contribution is 7.89. The highest BCUT2D eigenvalue weighted by atomic mass is 32.2. The summed E-state index contributed by atoms with van der Waals surface area (Å²) in [6, 6.07) is 7.33. The van der Waals surface area contributed by atoms with Crippen LogP contribution >= 0.6 is 0 Å². The fourth-order valence-corrected chi connectivity index (χ4v) is 3.18. The van der Waals surface area contributed by atoms with Gasteiger partial charge in [-0.05, 0) is 13.0 Å². The lowest BCUT2D eigenvalue weighted by molar-refractivity contribution is 0.598. The number of sulfonamides is 1. The number of rotatable bonds is 4. The third-order valence-electron chi connectivity index (χ3n) is 3.42. The van der Waals surface area contributed by atoms with Crippen molar-refractivity contribution in [3.8, 4) is 0 Å². The van der Waals surface area contributed by atoms with Crippen molar-refractivity contribution >= 4 is 20.9 Å². The molecule has 0 amide bonds. The zero-order chi connectivity index (χ0) is 15.0. The zero-order valence-corrected chi connectivity index (χ0v) is 12.4. The Morgan fingerprint density at radius 3 is 2.67 bits per heavy atom. The molecule has 6 nitrogen and oxygen atoms in total. The van der Waals surface area contributed by atoms with Crippen molar-refractivity contribution in [3.05, 3.63) is 48.4 Å². The molecule has 0 spiro atoms. The molecule has 0 saturated carbocycles. The Morgan fingerprint density at radius 2 is 2.00 bits per heavy atom. The minimum atomic E-state index is -3.74. The molecule has 21 heavy (non-hydrogen) atoms. The number of benzene rings is 1. The highest BCUT2D eigenvalue weighted by Crippen LogP contribution is 2.25. The standard InChI is InChI=1S/C14H16N4O2S/c1-2-18-9-11(7-16-18)8-17-10-14(21(15,19)20)12-5-3-4-6-13(12)17/h3-7,9-10H,2,8H2,1H3,(H2,15,19,20). The first-order chi connectivity index (χ1) is 9.99. The maximum atomic E-state index is 11.7. The van der Waals surface area contributed by atoms with Gasteiger partial charge in [0.1, 0.15) is 4.90 Å². The number of fused-ring (bicyclic) bond motifs is 1. The van der Waals surface area contributed by atoms with Gasteiger partial charge in [0.15, 0.2) is 0 Å². The summed E-state index contributed by atoms with van der Waals surface area (Å²) >= 11 is 0. The van der Waals surface area contributed by atoms with Gasteiger partial charge in [-0.3, -0.25) is 4.68 Å².